The van der Waals surface area contributed by atoms with E-state index in [2.05, 4.69) is 10.4 Å². The highest BCUT2D eigenvalue weighted by Gasteiger charge is 2.30. The van der Waals surface area contributed by atoms with Crippen molar-refractivity contribution in [3.63, 3.8) is 0 Å². The number of nitrogens with one attached hydrogen (secondary N) is 2. The maximum Gasteiger partial charge on any atom is 0.415 e. The smallest absolute Gasteiger partial charge is 0.410 e. The Morgan fingerprint density at radius 3 is 2.61 bits per heavy atom. The van der Waals surface area contributed by atoms with Gasteiger partial charge in [0, 0.05) is 29.1 Å². The molecule has 0 radical (unpaired) electrons. The van der Waals surface area contributed by atoms with E-state index < -0.39 is 17.9 Å². The van der Waals surface area contributed by atoms with E-state index in [0.29, 0.717) is 29.0 Å². The number of benzene rings is 2. The van der Waals surface area contributed by atoms with Gasteiger partial charge < -0.3 is 14.6 Å². The van der Waals surface area contributed by atoms with E-state index in [-0.39, 0.29) is 34.5 Å². The fourth-order valence-electron chi connectivity index (χ4n) is 3.64. The maximum absolute atomic E-state index is 13.1. The molecule has 3 amide bonds. The lowest BCUT2D eigenvalue weighted by Crippen LogP contribution is -2.51. The molecule has 3 aromatic rings. The lowest BCUT2D eigenvalue weighted by atomic mass is 10.1. The molecule has 0 saturated carbocycles. The molecular formula is C23H21ClN4O5. The fourth-order valence-corrected chi connectivity index (χ4v) is 3.82. The summed E-state index contributed by atoms with van der Waals surface area (Å²) in [6, 6.07) is 10.8. The summed E-state index contributed by atoms with van der Waals surface area (Å²) in [6.07, 6.45) is -0.525. The summed E-state index contributed by atoms with van der Waals surface area (Å²) in [7, 11) is 0. The van der Waals surface area contributed by atoms with Crippen LogP contribution < -0.4 is 15.6 Å². The van der Waals surface area contributed by atoms with Gasteiger partial charge in [-0.15, -0.1) is 0 Å². The number of amides is 3. The first-order valence-corrected chi connectivity index (χ1v) is 10.7. The van der Waals surface area contributed by atoms with Crippen LogP contribution >= 0.6 is 11.6 Å². The number of hydrogen-bond acceptors (Lipinski definition) is 5. The first-order chi connectivity index (χ1) is 15.8. The number of hydrogen-bond donors (Lipinski definition) is 2. The second-order valence-electron chi connectivity index (χ2n) is 7.40. The van der Waals surface area contributed by atoms with Crippen molar-refractivity contribution < 1.29 is 19.1 Å². The normalized spacial score (nSPS) is 12.8. The molecule has 2 aromatic carbocycles. The quantitative estimate of drug-likeness (QED) is 0.610. The van der Waals surface area contributed by atoms with Crippen molar-refractivity contribution in [1.29, 1.82) is 0 Å². The number of carbonyl (C=O) groups is 3. The molecule has 0 aliphatic carbocycles. The zero-order valence-corrected chi connectivity index (χ0v) is 18.7. The van der Waals surface area contributed by atoms with Crippen molar-refractivity contribution in [2.45, 2.75) is 20.4 Å². The third-order valence-electron chi connectivity index (χ3n) is 5.39. The molecule has 0 fully saturated rings. The Bertz CT molecular complexity index is 1330. The van der Waals surface area contributed by atoms with Gasteiger partial charge in [0.05, 0.1) is 17.6 Å². The van der Waals surface area contributed by atoms with Crippen molar-refractivity contribution in [2.75, 3.05) is 13.1 Å². The zero-order valence-electron chi connectivity index (χ0n) is 18.0. The summed E-state index contributed by atoms with van der Waals surface area (Å²) in [4.78, 5) is 55.4. The Morgan fingerprint density at radius 2 is 1.88 bits per heavy atom. The van der Waals surface area contributed by atoms with Crippen LogP contribution in [0.4, 0.5) is 4.79 Å². The lowest BCUT2D eigenvalue weighted by molar-refractivity contribution is 0.0535. The summed E-state index contributed by atoms with van der Waals surface area (Å²) in [5.41, 5.74) is 3.02. The van der Waals surface area contributed by atoms with Gasteiger partial charge in [-0.25, -0.2) is 9.80 Å². The number of fused-ring (bicyclic) bond motifs is 2. The van der Waals surface area contributed by atoms with Crippen LogP contribution in [0.15, 0.2) is 47.3 Å². The van der Waals surface area contributed by atoms with Crippen LogP contribution in [-0.4, -0.2) is 45.9 Å². The van der Waals surface area contributed by atoms with Crippen LogP contribution in [0.3, 0.4) is 0 Å². The summed E-state index contributed by atoms with van der Waals surface area (Å²) in [6.45, 7) is 4.52. The third kappa shape index (κ3) is 4.27. The Labute approximate surface area is 193 Å². The van der Waals surface area contributed by atoms with Crippen molar-refractivity contribution >= 4 is 40.4 Å². The Morgan fingerprint density at radius 1 is 1.12 bits per heavy atom. The predicted octanol–water partition coefficient (Wildman–Crippen LogP) is 3.32. The van der Waals surface area contributed by atoms with Crippen molar-refractivity contribution in [3.8, 4) is 5.75 Å². The molecule has 1 aromatic heterocycles. The van der Waals surface area contributed by atoms with Gasteiger partial charge in [0.2, 0.25) is 0 Å². The molecule has 2 heterocycles. The maximum atomic E-state index is 13.1. The number of ether oxygens (including phenoxy) is 1. The molecule has 0 saturated heterocycles. The van der Waals surface area contributed by atoms with Crippen molar-refractivity contribution in [2.24, 2.45) is 0 Å². The van der Waals surface area contributed by atoms with E-state index in [9.17, 15) is 19.2 Å². The number of nitrogens with zero attached hydrogens (tertiary/aromatic N) is 2. The zero-order chi connectivity index (χ0) is 23.7. The number of H-pyrrole nitrogens is 1. The summed E-state index contributed by atoms with van der Waals surface area (Å²) >= 11 is 5.99. The number of aromatic nitrogens is 1. The third-order valence-corrected chi connectivity index (χ3v) is 5.63. The monoisotopic (exact) mass is 468 g/mol. The molecule has 0 spiro atoms. The molecule has 9 nitrogen and oxygen atoms in total. The van der Waals surface area contributed by atoms with Gasteiger partial charge in [-0.1, -0.05) is 17.7 Å². The molecule has 10 heteroatoms. The molecule has 0 unspecified atom stereocenters. The summed E-state index contributed by atoms with van der Waals surface area (Å²) in [5.74, 6) is -0.972. The van der Waals surface area contributed by atoms with E-state index in [1.807, 2.05) is 13.8 Å². The van der Waals surface area contributed by atoms with Gasteiger partial charge in [0.1, 0.15) is 11.4 Å². The Balaban J connectivity index is 1.61. The minimum absolute atomic E-state index is 0.0840. The Kier molecular flexibility index (Phi) is 6.06. The number of pyridine rings is 1. The van der Waals surface area contributed by atoms with E-state index in [1.165, 1.54) is 17.0 Å². The molecule has 2 N–H and O–H groups in total. The van der Waals surface area contributed by atoms with E-state index in [4.69, 9.17) is 16.3 Å². The number of rotatable bonds is 4. The molecule has 1 aliphatic heterocycles. The van der Waals surface area contributed by atoms with Crippen molar-refractivity contribution in [3.05, 3.63) is 74.5 Å². The second-order valence-corrected chi connectivity index (χ2v) is 7.83. The van der Waals surface area contributed by atoms with Crippen LogP contribution in [0.5, 0.6) is 5.75 Å². The van der Waals surface area contributed by atoms with Crippen molar-refractivity contribution in [1.82, 2.24) is 20.3 Å². The molecule has 0 bridgehead atoms. The SMILES string of the molecule is CCN(CC)C(=O)Oc1cccc(C(=O)N2Cc3c([nH]c4cc(Cl)ccc4c3=O)C(=O)N2)c1. The highest BCUT2D eigenvalue weighted by molar-refractivity contribution is 6.31. The minimum Gasteiger partial charge on any atom is -0.410 e. The van der Waals surface area contributed by atoms with Gasteiger partial charge >= 0.3 is 6.09 Å². The molecular weight excluding hydrogens is 448 g/mol. The van der Waals surface area contributed by atoms with Gasteiger partial charge in [-0.3, -0.25) is 19.8 Å². The van der Waals surface area contributed by atoms with E-state index in [0.717, 1.165) is 5.01 Å². The number of hydrazine groups is 1. The average Bonchev–Trinajstić information content (AvgIpc) is 2.80. The first-order valence-electron chi connectivity index (χ1n) is 10.4. The molecule has 170 valence electrons. The predicted molar refractivity (Wildman–Crippen MR) is 122 cm³/mol. The fraction of sp³-hybridized carbons (Fsp3) is 0.217. The standard InChI is InChI=1S/C23H21ClN4O5/c1-3-27(4-2)23(32)33-15-7-5-6-13(10-15)22(31)28-12-17-19(21(30)26-28)25-18-11-14(24)8-9-16(18)20(17)29/h5-11H,3-4,12H2,1-2H3,(H,25,29)(H,26,30). The van der Waals surface area contributed by atoms with E-state index in [1.54, 1.807) is 30.3 Å². The van der Waals surface area contributed by atoms with Crippen LogP contribution in [0, 0.1) is 0 Å². The van der Waals surface area contributed by atoms with E-state index >= 15 is 0 Å². The van der Waals surface area contributed by atoms with Crippen LogP contribution in [0.25, 0.3) is 10.9 Å². The second kappa shape index (κ2) is 8.95. The molecule has 0 atom stereocenters. The minimum atomic E-state index is -0.618. The first kappa shape index (κ1) is 22.3. The molecule has 4 rings (SSSR count). The lowest BCUT2D eigenvalue weighted by Gasteiger charge is -2.28. The van der Waals surface area contributed by atoms with Gasteiger partial charge in [0.25, 0.3) is 11.8 Å². The number of aromatic amines is 1. The van der Waals surface area contributed by atoms with Crippen LogP contribution in [0.2, 0.25) is 5.02 Å². The van der Waals surface area contributed by atoms with Crippen LogP contribution in [-0.2, 0) is 6.54 Å². The van der Waals surface area contributed by atoms with Gasteiger partial charge in [0.15, 0.2) is 5.43 Å². The van der Waals surface area contributed by atoms with Gasteiger partial charge in [-0.05, 0) is 50.2 Å². The van der Waals surface area contributed by atoms with Gasteiger partial charge in [-0.2, -0.15) is 0 Å². The highest BCUT2D eigenvalue weighted by atomic mass is 35.5. The van der Waals surface area contributed by atoms with Crippen LogP contribution in [0.1, 0.15) is 40.3 Å². The number of halogens is 1. The summed E-state index contributed by atoms with van der Waals surface area (Å²) in [5, 5.41) is 1.85. The average molecular weight is 469 g/mol. The summed E-state index contributed by atoms with van der Waals surface area (Å²) < 4.78 is 5.35. The largest absolute Gasteiger partial charge is 0.415 e. The highest BCUT2D eigenvalue weighted by Crippen LogP contribution is 2.22. The molecule has 33 heavy (non-hydrogen) atoms. The topological polar surface area (TPSA) is 112 Å². The Hall–Kier alpha value is -3.85. The molecule has 1 aliphatic rings. The number of carbonyl (C=O) groups excluding carboxylic acids is 3.